The molecule has 0 amide bonds. The van der Waals surface area contributed by atoms with Gasteiger partial charge < -0.3 is 5.21 Å². The largest absolute Gasteiger partial charge is 0.595 e. The molecule has 2 N–H and O–H groups in total. The summed E-state index contributed by atoms with van der Waals surface area (Å²) < 4.78 is 21.9. The second kappa shape index (κ2) is 3.43. The van der Waals surface area contributed by atoms with Crippen molar-refractivity contribution in [1.82, 2.24) is 0 Å². The van der Waals surface area contributed by atoms with Gasteiger partial charge in [-0.05, 0) is 12.1 Å². The maximum atomic E-state index is 11.0. The zero-order chi connectivity index (χ0) is 10.1. The van der Waals surface area contributed by atoms with E-state index in [-0.39, 0.29) is 10.6 Å². The fraction of sp³-hybridized carbons (Fsp3) is 0.143. The molecule has 1 unspecified atom stereocenters. The summed E-state index contributed by atoms with van der Waals surface area (Å²) in [5, 5.41) is 17.9. The smallest absolute Gasteiger partial charge is 0.175 e. The highest BCUT2D eigenvalue weighted by atomic mass is 32.2. The third-order valence-corrected chi connectivity index (χ3v) is 2.66. The topological polar surface area (TPSA) is 81.9 Å². The van der Waals surface area contributed by atoms with Crippen LogP contribution in [0.1, 0.15) is 0 Å². The van der Waals surface area contributed by atoms with E-state index in [0.29, 0.717) is 0 Å². The van der Waals surface area contributed by atoms with Crippen LogP contribution in [0.25, 0.3) is 0 Å². The van der Waals surface area contributed by atoms with Crippen molar-refractivity contribution in [2.75, 3.05) is 6.26 Å². The second-order valence-electron chi connectivity index (χ2n) is 2.60. The summed E-state index contributed by atoms with van der Waals surface area (Å²) in [7, 11) is -3.24. The van der Waals surface area contributed by atoms with E-state index < -0.39 is 15.1 Å². The van der Waals surface area contributed by atoms with Crippen molar-refractivity contribution in [3.63, 3.8) is 0 Å². The van der Waals surface area contributed by atoms with Crippen molar-refractivity contribution in [2.45, 2.75) is 4.90 Å². The minimum atomic E-state index is -3.24. The highest BCUT2D eigenvalue weighted by Gasteiger charge is 2.07. The van der Waals surface area contributed by atoms with Gasteiger partial charge in [-0.3, -0.25) is 0 Å². The van der Waals surface area contributed by atoms with E-state index in [1.807, 2.05) is 0 Å². The third kappa shape index (κ3) is 2.49. The number of hydrogen-bond acceptors (Lipinski definition) is 4. The van der Waals surface area contributed by atoms with Crippen molar-refractivity contribution in [2.24, 2.45) is 0 Å². The fourth-order valence-corrected chi connectivity index (χ4v) is 1.48. The number of quaternary nitrogens is 1. The van der Waals surface area contributed by atoms with Gasteiger partial charge in [0.05, 0.1) is 4.90 Å². The average Bonchev–Trinajstić information content (AvgIpc) is 2.03. The summed E-state index contributed by atoms with van der Waals surface area (Å²) in [5.41, 5.74) is 0.0763. The molecule has 1 aromatic rings. The van der Waals surface area contributed by atoms with Gasteiger partial charge in [0.15, 0.2) is 15.5 Å². The Morgan fingerprint density at radius 2 is 1.77 bits per heavy atom. The van der Waals surface area contributed by atoms with E-state index in [1.165, 1.54) is 24.3 Å². The lowest BCUT2D eigenvalue weighted by Gasteiger charge is -2.10. The first-order valence-corrected chi connectivity index (χ1v) is 5.34. The van der Waals surface area contributed by atoms with Crippen LogP contribution in [0.15, 0.2) is 29.2 Å². The number of nitrogens with one attached hydrogen (secondary N) is 1. The molecule has 0 aromatic heterocycles. The van der Waals surface area contributed by atoms with Crippen LogP contribution in [-0.2, 0) is 9.84 Å². The van der Waals surface area contributed by atoms with E-state index in [1.54, 1.807) is 0 Å². The van der Waals surface area contributed by atoms with Crippen molar-refractivity contribution in [3.8, 4) is 0 Å². The highest BCUT2D eigenvalue weighted by Crippen LogP contribution is 2.10. The molecule has 5 nitrogen and oxygen atoms in total. The van der Waals surface area contributed by atoms with Gasteiger partial charge in [-0.25, -0.2) is 13.6 Å². The Bertz CT molecular complexity index is 381. The minimum absolute atomic E-state index is 0.0763. The molecular weight excluding hydrogens is 194 g/mol. The maximum Gasteiger partial charge on any atom is 0.175 e. The Morgan fingerprint density at radius 1 is 1.31 bits per heavy atom. The summed E-state index contributed by atoms with van der Waals surface area (Å²) in [6.07, 6.45) is 1.07. The number of benzene rings is 1. The van der Waals surface area contributed by atoms with E-state index in [4.69, 9.17) is 5.21 Å². The molecule has 0 fully saturated rings. The molecule has 0 saturated carbocycles. The molecule has 0 heterocycles. The molecule has 0 radical (unpaired) electrons. The number of sulfone groups is 1. The van der Waals surface area contributed by atoms with Crippen molar-refractivity contribution in [3.05, 3.63) is 29.5 Å². The van der Waals surface area contributed by atoms with E-state index in [9.17, 15) is 13.6 Å². The van der Waals surface area contributed by atoms with Gasteiger partial charge in [-0.1, -0.05) is 0 Å². The number of rotatable bonds is 2. The van der Waals surface area contributed by atoms with Crippen molar-refractivity contribution < 1.29 is 18.9 Å². The summed E-state index contributed by atoms with van der Waals surface area (Å²) in [6, 6.07) is 5.08. The molecule has 0 spiro atoms. The van der Waals surface area contributed by atoms with Crippen LogP contribution in [0.5, 0.6) is 0 Å². The molecule has 1 aromatic carbocycles. The normalized spacial score (nSPS) is 14.1. The zero-order valence-electron chi connectivity index (χ0n) is 6.89. The van der Waals surface area contributed by atoms with Crippen LogP contribution in [0.3, 0.4) is 0 Å². The SMILES string of the molecule is CS(=O)(=O)c1ccc([NH+]([O-])O)cc1. The van der Waals surface area contributed by atoms with Crippen molar-refractivity contribution in [1.29, 1.82) is 0 Å². The first-order chi connectivity index (χ1) is 5.91. The molecule has 1 atom stereocenters. The van der Waals surface area contributed by atoms with Crippen LogP contribution in [0.4, 0.5) is 5.69 Å². The summed E-state index contributed by atoms with van der Waals surface area (Å²) in [6.45, 7) is 0. The lowest BCUT2D eigenvalue weighted by Crippen LogP contribution is -2.99. The van der Waals surface area contributed by atoms with Gasteiger partial charge in [0.2, 0.25) is 0 Å². The summed E-state index contributed by atoms with van der Waals surface area (Å²) in [5.74, 6) is 0. The molecule has 0 bridgehead atoms. The average molecular weight is 203 g/mol. The fourth-order valence-electron chi connectivity index (χ4n) is 0.845. The van der Waals surface area contributed by atoms with Gasteiger partial charge in [0.1, 0.15) is 0 Å². The molecule has 0 saturated heterocycles. The van der Waals surface area contributed by atoms with Crippen molar-refractivity contribution >= 4 is 15.5 Å². The van der Waals surface area contributed by atoms with Crippen LogP contribution < -0.4 is 5.23 Å². The van der Waals surface area contributed by atoms with Crippen LogP contribution in [0.2, 0.25) is 0 Å². The molecule has 0 aliphatic rings. The Labute approximate surface area is 75.7 Å². The highest BCUT2D eigenvalue weighted by molar-refractivity contribution is 7.90. The number of hydrogen-bond donors (Lipinski definition) is 2. The van der Waals surface area contributed by atoms with Crippen LogP contribution in [0, 0.1) is 5.21 Å². The zero-order valence-corrected chi connectivity index (χ0v) is 7.71. The predicted octanol–water partition coefficient (Wildman–Crippen LogP) is -0.507. The Hall–Kier alpha value is -0.950. The summed E-state index contributed by atoms with van der Waals surface area (Å²) in [4.78, 5) is 0.123. The van der Waals surface area contributed by atoms with E-state index >= 15 is 0 Å². The standard InChI is InChI=1S/C7H9NO4S/c1-13(11,12)7-4-2-6(3-5-7)8(9)10/h2-5,8-9H,1H3. The van der Waals surface area contributed by atoms with Gasteiger partial charge in [-0.15, -0.1) is 0 Å². The molecule has 0 aliphatic heterocycles. The molecule has 6 heteroatoms. The monoisotopic (exact) mass is 203 g/mol. The first-order valence-electron chi connectivity index (χ1n) is 3.44. The predicted molar refractivity (Wildman–Crippen MR) is 45.3 cm³/mol. The van der Waals surface area contributed by atoms with Gasteiger partial charge in [0.25, 0.3) is 0 Å². The third-order valence-electron chi connectivity index (χ3n) is 1.53. The summed E-state index contributed by atoms with van der Waals surface area (Å²) >= 11 is 0. The molecule has 1 rings (SSSR count). The molecule has 0 aliphatic carbocycles. The Kier molecular flexibility index (Phi) is 2.67. The molecule has 72 valence electrons. The van der Waals surface area contributed by atoms with Gasteiger partial charge >= 0.3 is 0 Å². The van der Waals surface area contributed by atoms with E-state index in [0.717, 1.165) is 6.26 Å². The van der Waals surface area contributed by atoms with E-state index in [2.05, 4.69) is 0 Å². The Morgan fingerprint density at radius 3 is 2.08 bits per heavy atom. The second-order valence-corrected chi connectivity index (χ2v) is 4.62. The molecular formula is C7H9NO4S. The quantitative estimate of drug-likeness (QED) is 0.634. The van der Waals surface area contributed by atoms with Crippen LogP contribution in [-0.4, -0.2) is 19.9 Å². The lowest BCUT2D eigenvalue weighted by molar-refractivity contribution is -0.991. The van der Waals surface area contributed by atoms with Crippen LogP contribution >= 0.6 is 0 Å². The van der Waals surface area contributed by atoms with Gasteiger partial charge in [-0.2, -0.15) is 5.23 Å². The first kappa shape index (κ1) is 10.1. The minimum Gasteiger partial charge on any atom is -0.595 e. The Balaban J connectivity index is 3.08. The lowest BCUT2D eigenvalue weighted by atomic mass is 10.3. The molecule has 13 heavy (non-hydrogen) atoms. The van der Waals surface area contributed by atoms with Gasteiger partial charge in [0, 0.05) is 18.4 Å². The maximum absolute atomic E-state index is 11.0.